The monoisotopic (exact) mass is 237 g/mol. The minimum absolute atomic E-state index is 0.0679. The van der Waals surface area contributed by atoms with E-state index >= 15 is 0 Å². The van der Waals surface area contributed by atoms with Gasteiger partial charge in [-0.2, -0.15) is 13.2 Å². The molecule has 0 unspecified atom stereocenters. The van der Waals surface area contributed by atoms with Crippen molar-refractivity contribution in [1.82, 2.24) is 0 Å². The van der Waals surface area contributed by atoms with E-state index in [9.17, 15) is 13.2 Å². The Morgan fingerprint density at radius 3 is 2.06 bits per heavy atom. The first-order valence-corrected chi connectivity index (χ1v) is 5.92. The topological polar surface area (TPSA) is 26.0 Å². The fourth-order valence-corrected chi connectivity index (χ4v) is 2.51. The molecular formula is C12H22F3N. The molecule has 0 amide bonds. The number of nitrogens with two attached hydrogens (primary N) is 1. The molecule has 2 atom stereocenters. The van der Waals surface area contributed by atoms with Gasteiger partial charge < -0.3 is 5.73 Å². The molecule has 1 aliphatic carbocycles. The Morgan fingerprint density at radius 2 is 1.62 bits per heavy atom. The molecule has 0 bridgehead atoms. The van der Waals surface area contributed by atoms with Crippen LogP contribution in [-0.4, -0.2) is 11.7 Å². The van der Waals surface area contributed by atoms with E-state index in [0.29, 0.717) is 18.8 Å². The number of hydrogen-bond donors (Lipinski definition) is 1. The predicted molar refractivity (Wildman–Crippen MR) is 59.0 cm³/mol. The summed E-state index contributed by atoms with van der Waals surface area (Å²) in [5, 5.41) is 0. The molecule has 96 valence electrons. The van der Waals surface area contributed by atoms with Gasteiger partial charge in [-0.25, -0.2) is 0 Å². The van der Waals surface area contributed by atoms with Crippen LogP contribution in [-0.2, 0) is 0 Å². The van der Waals surface area contributed by atoms with Crippen molar-refractivity contribution in [2.24, 2.45) is 17.1 Å². The summed E-state index contributed by atoms with van der Waals surface area (Å²) in [6, 6.07) is 0. The predicted octanol–water partition coefficient (Wildman–Crippen LogP) is 3.87. The van der Waals surface area contributed by atoms with Crippen molar-refractivity contribution in [1.29, 1.82) is 0 Å². The van der Waals surface area contributed by atoms with E-state index in [1.54, 1.807) is 0 Å². The Labute approximate surface area is 95.6 Å². The average Bonchev–Trinajstić information content (AvgIpc) is 2.25. The SMILES string of the molecule is CC(C)(C)[C@H]1CCC[C@](N)(C(F)(F)F)CC1. The van der Waals surface area contributed by atoms with Crippen molar-refractivity contribution in [2.45, 2.75) is 64.6 Å². The second kappa shape index (κ2) is 4.21. The first-order valence-electron chi connectivity index (χ1n) is 5.92. The lowest BCUT2D eigenvalue weighted by molar-refractivity contribution is -0.189. The van der Waals surface area contributed by atoms with Crippen LogP contribution in [0.4, 0.5) is 13.2 Å². The van der Waals surface area contributed by atoms with Crippen LogP contribution in [0.25, 0.3) is 0 Å². The van der Waals surface area contributed by atoms with Crippen molar-refractivity contribution < 1.29 is 13.2 Å². The number of hydrogen-bond acceptors (Lipinski definition) is 1. The van der Waals surface area contributed by atoms with Crippen LogP contribution in [0.2, 0.25) is 0 Å². The quantitative estimate of drug-likeness (QED) is 0.636. The number of alkyl halides is 3. The Kier molecular flexibility index (Phi) is 3.63. The minimum atomic E-state index is -4.26. The molecule has 0 aromatic heterocycles. The van der Waals surface area contributed by atoms with Crippen molar-refractivity contribution in [3.63, 3.8) is 0 Å². The Bertz CT molecular complexity index is 242. The summed E-state index contributed by atoms with van der Waals surface area (Å²) < 4.78 is 38.4. The highest BCUT2D eigenvalue weighted by Crippen LogP contribution is 2.44. The molecule has 0 spiro atoms. The second-order valence-corrected chi connectivity index (χ2v) is 6.15. The van der Waals surface area contributed by atoms with E-state index in [2.05, 4.69) is 20.8 Å². The first kappa shape index (κ1) is 13.8. The molecule has 2 N–H and O–H groups in total. The minimum Gasteiger partial charge on any atom is -0.318 e. The average molecular weight is 237 g/mol. The van der Waals surface area contributed by atoms with E-state index in [1.165, 1.54) is 0 Å². The van der Waals surface area contributed by atoms with Crippen LogP contribution in [0.3, 0.4) is 0 Å². The van der Waals surface area contributed by atoms with Gasteiger partial charge in [0.15, 0.2) is 0 Å². The van der Waals surface area contributed by atoms with Gasteiger partial charge in [-0.05, 0) is 37.0 Å². The summed E-state index contributed by atoms with van der Waals surface area (Å²) >= 11 is 0. The van der Waals surface area contributed by atoms with Crippen LogP contribution >= 0.6 is 0 Å². The fourth-order valence-electron chi connectivity index (χ4n) is 2.51. The summed E-state index contributed by atoms with van der Waals surface area (Å²) in [6.07, 6.45) is -2.10. The van der Waals surface area contributed by atoms with E-state index in [-0.39, 0.29) is 18.3 Å². The van der Waals surface area contributed by atoms with E-state index in [0.717, 1.165) is 6.42 Å². The third kappa shape index (κ3) is 2.90. The van der Waals surface area contributed by atoms with Gasteiger partial charge in [-0.15, -0.1) is 0 Å². The lowest BCUT2D eigenvalue weighted by Crippen LogP contribution is -2.53. The molecule has 1 saturated carbocycles. The van der Waals surface area contributed by atoms with Gasteiger partial charge in [0.05, 0.1) is 0 Å². The van der Waals surface area contributed by atoms with Crippen LogP contribution in [0.5, 0.6) is 0 Å². The van der Waals surface area contributed by atoms with Crippen molar-refractivity contribution >= 4 is 0 Å². The maximum absolute atomic E-state index is 12.8. The summed E-state index contributed by atoms with van der Waals surface area (Å²) in [7, 11) is 0. The number of halogens is 3. The van der Waals surface area contributed by atoms with Crippen molar-refractivity contribution in [2.75, 3.05) is 0 Å². The third-order valence-electron chi connectivity index (χ3n) is 3.90. The summed E-state index contributed by atoms with van der Waals surface area (Å²) in [4.78, 5) is 0. The van der Waals surface area contributed by atoms with Gasteiger partial charge in [0.1, 0.15) is 5.54 Å². The lowest BCUT2D eigenvalue weighted by atomic mass is 9.76. The second-order valence-electron chi connectivity index (χ2n) is 6.15. The van der Waals surface area contributed by atoms with Crippen LogP contribution in [0.1, 0.15) is 52.9 Å². The van der Waals surface area contributed by atoms with Crippen LogP contribution in [0.15, 0.2) is 0 Å². The largest absolute Gasteiger partial charge is 0.406 e. The van der Waals surface area contributed by atoms with Crippen LogP contribution < -0.4 is 5.73 Å². The van der Waals surface area contributed by atoms with E-state index < -0.39 is 11.7 Å². The molecule has 1 nitrogen and oxygen atoms in total. The molecule has 4 heteroatoms. The smallest absolute Gasteiger partial charge is 0.318 e. The highest BCUT2D eigenvalue weighted by molar-refractivity contribution is 4.95. The zero-order chi connectivity index (χ0) is 12.6. The normalized spacial score (nSPS) is 33.6. The first-order chi connectivity index (χ1) is 7.06. The molecule has 0 aromatic rings. The zero-order valence-electron chi connectivity index (χ0n) is 10.3. The Morgan fingerprint density at radius 1 is 1.06 bits per heavy atom. The van der Waals surface area contributed by atoms with Gasteiger partial charge in [0, 0.05) is 0 Å². The molecule has 0 radical (unpaired) electrons. The maximum Gasteiger partial charge on any atom is 0.406 e. The highest BCUT2D eigenvalue weighted by Gasteiger charge is 2.52. The summed E-state index contributed by atoms with van der Waals surface area (Å²) in [5.74, 6) is 0.347. The van der Waals surface area contributed by atoms with Crippen LogP contribution in [0, 0.1) is 11.3 Å². The van der Waals surface area contributed by atoms with E-state index in [4.69, 9.17) is 5.73 Å². The Hall–Kier alpha value is -0.250. The van der Waals surface area contributed by atoms with Crippen molar-refractivity contribution in [3.8, 4) is 0 Å². The standard InChI is InChI=1S/C12H22F3N/c1-10(2,3)9-5-4-7-11(16,8-6-9)12(13,14)15/h9H,4-8,16H2,1-3H3/t9-,11+/m0/s1. The molecule has 0 heterocycles. The third-order valence-corrected chi connectivity index (χ3v) is 3.90. The lowest BCUT2D eigenvalue weighted by Gasteiger charge is -2.32. The maximum atomic E-state index is 12.8. The van der Waals surface area contributed by atoms with Gasteiger partial charge in [0.2, 0.25) is 0 Å². The molecule has 0 aromatic carbocycles. The van der Waals surface area contributed by atoms with Gasteiger partial charge >= 0.3 is 6.18 Å². The molecule has 0 aliphatic heterocycles. The number of rotatable bonds is 0. The van der Waals surface area contributed by atoms with Gasteiger partial charge in [-0.1, -0.05) is 27.2 Å². The zero-order valence-corrected chi connectivity index (χ0v) is 10.3. The molecule has 1 fully saturated rings. The molecule has 16 heavy (non-hydrogen) atoms. The van der Waals surface area contributed by atoms with Crippen molar-refractivity contribution in [3.05, 3.63) is 0 Å². The fraction of sp³-hybridized carbons (Fsp3) is 1.00. The van der Waals surface area contributed by atoms with Gasteiger partial charge in [0.25, 0.3) is 0 Å². The Balaban J connectivity index is 2.73. The van der Waals surface area contributed by atoms with Gasteiger partial charge in [-0.3, -0.25) is 0 Å². The summed E-state index contributed by atoms with van der Waals surface area (Å²) in [6.45, 7) is 6.28. The molecule has 0 saturated heterocycles. The summed E-state index contributed by atoms with van der Waals surface area (Å²) in [5.41, 5.74) is 3.65. The van der Waals surface area contributed by atoms with E-state index in [1.807, 2.05) is 0 Å². The molecule has 1 aliphatic rings. The molecular weight excluding hydrogens is 215 g/mol. The molecule has 1 rings (SSSR count). The highest BCUT2D eigenvalue weighted by atomic mass is 19.4.